The van der Waals surface area contributed by atoms with Crippen molar-refractivity contribution < 1.29 is 9.59 Å². The Balaban J connectivity index is 1.90. The van der Waals surface area contributed by atoms with E-state index in [2.05, 4.69) is 4.98 Å². The van der Waals surface area contributed by atoms with Crippen molar-refractivity contribution in [2.24, 2.45) is 0 Å². The molecule has 3 rings (SSSR count). The molecule has 1 aromatic carbocycles. The molecular formula is C18H18N2O2S2. The maximum absolute atomic E-state index is 12.8. The second-order valence-electron chi connectivity index (χ2n) is 5.41. The topological polar surface area (TPSA) is 50.3 Å². The second kappa shape index (κ2) is 7.32. The molecule has 0 saturated heterocycles. The number of hydrogen-bond donors (Lipinski definition) is 0. The van der Waals surface area contributed by atoms with Crippen LogP contribution in [-0.2, 0) is 4.79 Å². The average Bonchev–Trinajstić information content (AvgIpc) is 2.95. The number of aromatic nitrogens is 1. The van der Waals surface area contributed by atoms with Crippen LogP contribution in [0.2, 0.25) is 0 Å². The number of hydrogen-bond acceptors (Lipinski definition) is 5. The summed E-state index contributed by atoms with van der Waals surface area (Å²) < 4.78 is 0. The SMILES string of the molecule is CCN(C(C)=O)c1nc(/C=C2/CCSc3ccccc3C2=O)cs1. The van der Waals surface area contributed by atoms with Gasteiger partial charge < -0.3 is 0 Å². The van der Waals surface area contributed by atoms with E-state index in [1.54, 1.807) is 16.7 Å². The summed E-state index contributed by atoms with van der Waals surface area (Å²) in [6, 6.07) is 7.73. The summed E-state index contributed by atoms with van der Waals surface area (Å²) in [7, 11) is 0. The molecule has 0 unspecified atom stereocenters. The van der Waals surface area contributed by atoms with Gasteiger partial charge in [0.1, 0.15) is 0 Å². The number of allylic oxidation sites excluding steroid dienone is 1. The summed E-state index contributed by atoms with van der Waals surface area (Å²) in [5.74, 6) is 0.922. The molecule has 1 aliphatic heterocycles. The highest BCUT2D eigenvalue weighted by Crippen LogP contribution is 2.32. The van der Waals surface area contributed by atoms with Gasteiger partial charge in [-0.3, -0.25) is 14.5 Å². The van der Waals surface area contributed by atoms with E-state index in [4.69, 9.17) is 0 Å². The molecule has 2 aromatic rings. The lowest BCUT2D eigenvalue weighted by Crippen LogP contribution is -2.27. The quantitative estimate of drug-likeness (QED) is 0.769. The van der Waals surface area contributed by atoms with Gasteiger partial charge in [0.15, 0.2) is 10.9 Å². The summed E-state index contributed by atoms with van der Waals surface area (Å²) in [5, 5.41) is 2.57. The Bertz CT molecular complexity index is 811. The third kappa shape index (κ3) is 3.44. The zero-order valence-electron chi connectivity index (χ0n) is 13.6. The van der Waals surface area contributed by atoms with Crippen LogP contribution in [0, 0.1) is 0 Å². The largest absolute Gasteiger partial charge is 0.289 e. The van der Waals surface area contributed by atoms with Gasteiger partial charge in [0.25, 0.3) is 0 Å². The summed E-state index contributed by atoms with van der Waals surface area (Å²) in [6.07, 6.45) is 2.58. The molecule has 0 spiro atoms. The number of rotatable bonds is 3. The number of anilines is 1. The van der Waals surface area contributed by atoms with Gasteiger partial charge in [-0.05, 0) is 31.6 Å². The molecule has 0 fully saturated rings. The molecule has 6 heteroatoms. The third-order valence-electron chi connectivity index (χ3n) is 3.81. The summed E-state index contributed by atoms with van der Waals surface area (Å²) in [4.78, 5) is 31.6. The van der Waals surface area contributed by atoms with Crippen LogP contribution in [0.25, 0.3) is 6.08 Å². The lowest BCUT2D eigenvalue weighted by Gasteiger charge is -2.14. The molecule has 124 valence electrons. The molecule has 1 amide bonds. The minimum atomic E-state index is -0.0260. The van der Waals surface area contributed by atoms with E-state index in [1.165, 1.54) is 18.3 Å². The summed E-state index contributed by atoms with van der Waals surface area (Å²) in [5.41, 5.74) is 2.28. The fourth-order valence-corrected chi connectivity index (χ4v) is 4.54. The van der Waals surface area contributed by atoms with Crippen LogP contribution in [-0.4, -0.2) is 29.0 Å². The van der Waals surface area contributed by atoms with Crippen molar-refractivity contribution in [1.82, 2.24) is 4.98 Å². The van der Waals surface area contributed by atoms with Crippen molar-refractivity contribution in [3.8, 4) is 0 Å². The first kappa shape index (κ1) is 16.9. The summed E-state index contributed by atoms with van der Waals surface area (Å²) >= 11 is 3.14. The smallest absolute Gasteiger partial charge is 0.225 e. The maximum atomic E-state index is 12.8. The Kier molecular flexibility index (Phi) is 5.16. The van der Waals surface area contributed by atoms with Crippen molar-refractivity contribution in [2.75, 3.05) is 17.2 Å². The van der Waals surface area contributed by atoms with Gasteiger partial charge >= 0.3 is 0 Å². The zero-order chi connectivity index (χ0) is 17.1. The highest BCUT2D eigenvalue weighted by molar-refractivity contribution is 7.99. The molecule has 1 aromatic heterocycles. The van der Waals surface area contributed by atoms with Gasteiger partial charge in [0.2, 0.25) is 5.91 Å². The van der Waals surface area contributed by atoms with Gasteiger partial charge in [-0.2, -0.15) is 0 Å². The van der Waals surface area contributed by atoms with Crippen molar-refractivity contribution >= 4 is 46.0 Å². The number of Topliss-reactive ketones (excluding diaryl/α,β-unsaturated/α-hetero) is 1. The molecule has 1 aliphatic rings. The molecule has 0 N–H and O–H groups in total. The lowest BCUT2D eigenvalue weighted by molar-refractivity contribution is -0.116. The highest BCUT2D eigenvalue weighted by atomic mass is 32.2. The van der Waals surface area contributed by atoms with Crippen LogP contribution in [0.3, 0.4) is 0 Å². The van der Waals surface area contributed by atoms with E-state index in [-0.39, 0.29) is 11.7 Å². The molecule has 0 saturated carbocycles. The van der Waals surface area contributed by atoms with Gasteiger partial charge in [0.05, 0.1) is 5.69 Å². The number of thiazole rings is 1. The fraction of sp³-hybridized carbons (Fsp3) is 0.278. The molecule has 0 bridgehead atoms. The highest BCUT2D eigenvalue weighted by Gasteiger charge is 2.20. The molecule has 0 atom stereocenters. The molecule has 4 nitrogen and oxygen atoms in total. The number of carbonyl (C=O) groups is 2. The monoisotopic (exact) mass is 358 g/mol. The minimum absolute atomic E-state index is 0.0260. The van der Waals surface area contributed by atoms with Crippen LogP contribution < -0.4 is 4.90 Å². The Hall–Kier alpha value is -1.92. The van der Waals surface area contributed by atoms with Gasteiger partial charge in [-0.1, -0.05) is 12.1 Å². The van der Waals surface area contributed by atoms with Crippen molar-refractivity contribution in [1.29, 1.82) is 0 Å². The van der Waals surface area contributed by atoms with E-state index >= 15 is 0 Å². The fourth-order valence-electron chi connectivity index (χ4n) is 2.61. The number of thioether (sulfide) groups is 1. The van der Waals surface area contributed by atoms with E-state index in [0.717, 1.165) is 33.9 Å². The maximum Gasteiger partial charge on any atom is 0.225 e. The van der Waals surface area contributed by atoms with Crippen LogP contribution >= 0.6 is 23.1 Å². The lowest BCUT2D eigenvalue weighted by atomic mass is 10.0. The van der Waals surface area contributed by atoms with Crippen molar-refractivity contribution in [3.05, 3.63) is 46.5 Å². The molecule has 2 heterocycles. The second-order valence-corrected chi connectivity index (χ2v) is 7.38. The first-order valence-electron chi connectivity index (χ1n) is 7.81. The number of ketones is 1. The minimum Gasteiger partial charge on any atom is -0.289 e. The van der Waals surface area contributed by atoms with E-state index < -0.39 is 0 Å². The number of benzene rings is 1. The molecule has 0 aliphatic carbocycles. The Morgan fingerprint density at radius 3 is 2.92 bits per heavy atom. The predicted octanol–water partition coefficient (Wildman–Crippen LogP) is 4.28. The molecule has 24 heavy (non-hydrogen) atoms. The first-order valence-corrected chi connectivity index (χ1v) is 9.67. The standard InChI is InChI=1S/C18H18N2O2S2/c1-3-20(12(2)21)18-19-14(11-24-18)10-13-8-9-23-16-7-5-4-6-15(16)17(13)22/h4-7,10-11H,3,8-9H2,1-2H3/b13-10-. The third-order valence-corrected chi connectivity index (χ3v) is 5.77. The van der Waals surface area contributed by atoms with Crippen LogP contribution in [0.5, 0.6) is 0 Å². The number of fused-ring (bicyclic) bond motifs is 1. The number of amides is 1. The van der Waals surface area contributed by atoms with Crippen molar-refractivity contribution in [2.45, 2.75) is 25.2 Å². The van der Waals surface area contributed by atoms with Gasteiger partial charge in [-0.15, -0.1) is 23.1 Å². The zero-order valence-corrected chi connectivity index (χ0v) is 15.2. The van der Waals surface area contributed by atoms with Crippen LogP contribution in [0.4, 0.5) is 5.13 Å². The summed E-state index contributed by atoms with van der Waals surface area (Å²) in [6.45, 7) is 4.04. The van der Waals surface area contributed by atoms with Crippen molar-refractivity contribution in [3.63, 3.8) is 0 Å². The molecular weight excluding hydrogens is 340 g/mol. The van der Waals surface area contributed by atoms with E-state index in [9.17, 15) is 9.59 Å². The number of nitrogens with zero attached hydrogens (tertiary/aromatic N) is 2. The first-order chi connectivity index (χ1) is 11.6. The van der Waals surface area contributed by atoms with E-state index in [1.807, 2.05) is 42.6 Å². The average molecular weight is 358 g/mol. The predicted molar refractivity (Wildman–Crippen MR) is 99.9 cm³/mol. The molecule has 0 radical (unpaired) electrons. The number of carbonyl (C=O) groups excluding carboxylic acids is 2. The van der Waals surface area contributed by atoms with Crippen LogP contribution in [0.1, 0.15) is 36.3 Å². The van der Waals surface area contributed by atoms with Gasteiger partial charge in [-0.25, -0.2) is 4.98 Å². The Labute approximate surface area is 149 Å². The normalized spacial score (nSPS) is 15.9. The van der Waals surface area contributed by atoms with Crippen LogP contribution in [0.15, 0.2) is 40.1 Å². The van der Waals surface area contributed by atoms with E-state index in [0.29, 0.717) is 11.7 Å². The Morgan fingerprint density at radius 1 is 1.38 bits per heavy atom. The van der Waals surface area contributed by atoms with Gasteiger partial charge in [0, 0.05) is 40.6 Å². The Morgan fingerprint density at radius 2 is 2.17 bits per heavy atom.